The van der Waals surface area contributed by atoms with Gasteiger partial charge in [0.05, 0.1) is 6.61 Å². The van der Waals surface area contributed by atoms with Crippen molar-refractivity contribution in [2.75, 3.05) is 19.8 Å². The summed E-state index contributed by atoms with van der Waals surface area (Å²) in [5.41, 5.74) is 0. The van der Waals surface area contributed by atoms with Gasteiger partial charge in [0.15, 0.2) is 6.10 Å². The lowest BCUT2D eigenvalue weighted by Crippen LogP contribution is -2.30. The summed E-state index contributed by atoms with van der Waals surface area (Å²) in [5, 5.41) is 0. The van der Waals surface area contributed by atoms with Crippen LogP contribution >= 0.6 is 0 Å². The van der Waals surface area contributed by atoms with Crippen LogP contribution < -0.4 is 0 Å². The Morgan fingerprint density at radius 1 is 0.375 bits per heavy atom. The standard InChI is InChI=1S/C51H98O5/c1-4-7-10-13-16-19-21-23-25-27-29-31-34-37-40-43-46-54-47-49(56-51(53)45-42-39-36-32-18-15-12-9-6-3)48-55-50(52)44-41-38-35-33-30-28-26-24-22-20-17-14-11-8-5-2/h24,26,49H,4-23,25,27-48H2,1-3H3/b26-24-. The molecular formula is C51H98O5. The van der Waals surface area contributed by atoms with Crippen molar-refractivity contribution >= 4 is 11.9 Å². The molecule has 0 rings (SSSR count). The molecule has 0 amide bonds. The van der Waals surface area contributed by atoms with Crippen molar-refractivity contribution in [2.24, 2.45) is 0 Å². The summed E-state index contributed by atoms with van der Waals surface area (Å²) in [4.78, 5) is 25.3. The maximum atomic E-state index is 12.7. The minimum atomic E-state index is -0.528. The van der Waals surface area contributed by atoms with E-state index in [9.17, 15) is 9.59 Å². The van der Waals surface area contributed by atoms with E-state index < -0.39 is 6.10 Å². The van der Waals surface area contributed by atoms with E-state index in [1.807, 2.05) is 0 Å². The third-order valence-corrected chi connectivity index (χ3v) is 11.3. The van der Waals surface area contributed by atoms with E-state index >= 15 is 0 Å². The van der Waals surface area contributed by atoms with Gasteiger partial charge in [-0.3, -0.25) is 9.59 Å². The molecule has 0 saturated carbocycles. The average Bonchev–Trinajstić information content (AvgIpc) is 3.20. The predicted octanol–water partition coefficient (Wildman–Crippen LogP) is 16.7. The molecular weight excluding hydrogens is 693 g/mol. The molecule has 1 atom stereocenters. The van der Waals surface area contributed by atoms with Crippen LogP contribution in [0.3, 0.4) is 0 Å². The van der Waals surface area contributed by atoms with Crippen LogP contribution in [0, 0.1) is 0 Å². The topological polar surface area (TPSA) is 61.8 Å². The Morgan fingerprint density at radius 3 is 1.09 bits per heavy atom. The number of carbonyl (C=O) groups excluding carboxylic acids is 2. The molecule has 0 heterocycles. The zero-order valence-corrected chi connectivity index (χ0v) is 38.2. The monoisotopic (exact) mass is 791 g/mol. The number of esters is 2. The minimum Gasteiger partial charge on any atom is -0.462 e. The van der Waals surface area contributed by atoms with Crippen molar-refractivity contribution in [2.45, 2.75) is 284 Å². The van der Waals surface area contributed by atoms with Crippen LogP contribution in [0.5, 0.6) is 0 Å². The molecule has 0 aromatic heterocycles. The van der Waals surface area contributed by atoms with Gasteiger partial charge in [0.1, 0.15) is 6.61 Å². The van der Waals surface area contributed by atoms with Gasteiger partial charge in [-0.05, 0) is 44.9 Å². The van der Waals surface area contributed by atoms with Crippen molar-refractivity contribution < 1.29 is 23.8 Å². The molecule has 0 fully saturated rings. The summed E-state index contributed by atoms with van der Waals surface area (Å²) >= 11 is 0. The van der Waals surface area contributed by atoms with Gasteiger partial charge >= 0.3 is 11.9 Å². The molecule has 0 saturated heterocycles. The zero-order valence-electron chi connectivity index (χ0n) is 38.2. The quantitative estimate of drug-likeness (QED) is 0.0349. The Bertz CT molecular complexity index is 810. The van der Waals surface area contributed by atoms with E-state index in [2.05, 4.69) is 32.9 Å². The van der Waals surface area contributed by atoms with Gasteiger partial charge in [0, 0.05) is 19.4 Å². The highest BCUT2D eigenvalue weighted by molar-refractivity contribution is 5.70. The van der Waals surface area contributed by atoms with Crippen LogP contribution in [0.4, 0.5) is 0 Å². The normalized spacial score (nSPS) is 12.1. The van der Waals surface area contributed by atoms with E-state index in [-0.39, 0.29) is 18.5 Å². The molecule has 56 heavy (non-hydrogen) atoms. The first kappa shape index (κ1) is 54.6. The highest BCUT2D eigenvalue weighted by atomic mass is 16.6. The van der Waals surface area contributed by atoms with Crippen LogP contribution in [0.15, 0.2) is 12.2 Å². The minimum absolute atomic E-state index is 0.0896. The largest absolute Gasteiger partial charge is 0.462 e. The van der Waals surface area contributed by atoms with Gasteiger partial charge in [-0.1, -0.05) is 232 Å². The fourth-order valence-electron chi connectivity index (χ4n) is 7.51. The fourth-order valence-corrected chi connectivity index (χ4v) is 7.51. The van der Waals surface area contributed by atoms with E-state index in [1.165, 1.54) is 205 Å². The Labute approximate surface area is 350 Å². The van der Waals surface area contributed by atoms with Gasteiger partial charge in [0.25, 0.3) is 0 Å². The predicted molar refractivity (Wildman–Crippen MR) is 242 cm³/mol. The lowest BCUT2D eigenvalue weighted by atomic mass is 10.0. The van der Waals surface area contributed by atoms with Gasteiger partial charge in [-0.25, -0.2) is 0 Å². The SMILES string of the molecule is CCCCCCCC/C=C\CCCCCCCC(=O)OCC(COCCCCCCCCCCCCCCCCCC)OC(=O)CCCCCCCCCCC. The van der Waals surface area contributed by atoms with Gasteiger partial charge < -0.3 is 14.2 Å². The second-order valence-corrected chi connectivity index (χ2v) is 17.1. The molecule has 0 bridgehead atoms. The molecule has 0 radical (unpaired) electrons. The van der Waals surface area contributed by atoms with Crippen LogP contribution in [-0.2, 0) is 23.8 Å². The van der Waals surface area contributed by atoms with Crippen LogP contribution in [0.1, 0.15) is 278 Å². The molecule has 5 heteroatoms. The van der Waals surface area contributed by atoms with Gasteiger partial charge in [-0.15, -0.1) is 0 Å². The fraction of sp³-hybridized carbons (Fsp3) is 0.922. The van der Waals surface area contributed by atoms with Gasteiger partial charge in [-0.2, -0.15) is 0 Å². The molecule has 5 nitrogen and oxygen atoms in total. The third kappa shape index (κ3) is 45.3. The Kier molecular flexibility index (Phi) is 46.8. The molecule has 0 aromatic carbocycles. The lowest BCUT2D eigenvalue weighted by molar-refractivity contribution is -0.163. The number of ether oxygens (including phenoxy) is 3. The first-order chi connectivity index (χ1) is 27.6. The van der Waals surface area contributed by atoms with Crippen molar-refractivity contribution in [3.8, 4) is 0 Å². The second kappa shape index (κ2) is 48.0. The third-order valence-electron chi connectivity index (χ3n) is 11.3. The molecule has 0 spiro atoms. The summed E-state index contributed by atoms with van der Waals surface area (Å²) in [6.45, 7) is 7.85. The van der Waals surface area contributed by atoms with Crippen molar-refractivity contribution in [1.29, 1.82) is 0 Å². The molecule has 0 N–H and O–H groups in total. The number of hydrogen-bond acceptors (Lipinski definition) is 5. The summed E-state index contributed by atoms with van der Waals surface area (Å²) in [6.07, 6.45) is 53.6. The Hall–Kier alpha value is -1.36. The molecule has 1 unspecified atom stereocenters. The van der Waals surface area contributed by atoms with E-state index in [4.69, 9.17) is 14.2 Å². The van der Waals surface area contributed by atoms with Crippen LogP contribution in [0.25, 0.3) is 0 Å². The van der Waals surface area contributed by atoms with Crippen LogP contribution in [-0.4, -0.2) is 37.9 Å². The van der Waals surface area contributed by atoms with E-state index in [0.29, 0.717) is 26.1 Å². The highest BCUT2D eigenvalue weighted by Gasteiger charge is 2.17. The number of hydrogen-bond donors (Lipinski definition) is 0. The number of unbranched alkanes of at least 4 members (excludes halogenated alkanes) is 34. The van der Waals surface area contributed by atoms with Crippen LogP contribution in [0.2, 0.25) is 0 Å². The number of rotatable bonds is 47. The lowest BCUT2D eigenvalue weighted by Gasteiger charge is -2.18. The summed E-state index contributed by atoms with van der Waals surface area (Å²) in [7, 11) is 0. The number of allylic oxidation sites excluding steroid dienone is 2. The summed E-state index contributed by atoms with van der Waals surface area (Å²) < 4.78 is 17.4. The van der Waals surface area contributed by atoms with Crippen molar-refractivity contribution in [1.82, 2.24) is 0 Å². The highest BCUT2D eigenvalue weighted by Crippen LogP contribution is 2.16. The molecule has 0 aliphatic carbocycles. The summed E-state index contributed by atoms with van der Waals surface area (Å²) in [5.74, 6) is -0.391. The van der Waals surface area contributed by atoms with Crippen molar-refractivity contribution in [3.63, 3.8) is 0 Å². The van der Waals surface area contributed by atoms with Gasteiger partial charge in [0.2, 0.25) is 0 Å². The molecule has 332 valence electrons. The molecule has 0 aliphatic heterocycles. The maximum absolute atomic E-state index is 12.7. The maximum Gasteiger partial charge on any atom is 0.306 e. The van der Waals surface area contributed by atoms with E-state index in [0.717, 1.165) is 38.5 Å². The molecule has 0 aromatic rings. The smallest absolute Gasteiger partial charge is 0.306 e. The zero-order chi connectivity index (χ0) is 40.7. The number of carbonyl (C=O) groups is 2. The first-order valence-corrected chi connectivity index (χ1v) is 25.2. The van der Waals surface area contributed by atoms with Crippen molar-refractivity contribution in [3.05, 3.63) is 12.2 Å². The average molecular weight is 791 g/mol. The Morgan fingerprint density at radius 2 is 0.696 bits per heavy atom. The second-order valence-electron chi connectivity index (χ2n) is 17.1. The van der Waals surface area contributed by atoms with E-state index in [1.54, 1.807) is 0 Å². The first-order valence-electron chi connectivity index (χ1n) is 25.2. The Balaban J connectivity index is 4.15. The molecule has 0 aliphatic rings. The summed E-state index contributed by atoms with van der Waals surface area (Å²) in [6, 6.07) is 0.